The van der Waals surface area contributed by atoms with Gasteiger partial charge in [0.15, 0.2) is 11.5 Å². The van der Waals surface area contributed by atoms with E-state index in [1.54, 1.807) is 0 Å². The van der Waals surface area contributed by atoms with Gasteiger partial charge in [-0.1, -0.05) is 72.8 Å². The molecular formula is C26H16BrNO. The van der Waals surface area contributed by atoms with Crippen LogP contribution in [-0.2, 0) is 0 Å². The number of fused-ring (bicyclic) bond motifs is 4. The lowest BCUT2D eigenvalue weighted by atomic mass is 9.98. The van der Waals surface area contributed by atoms with E-state index in [9.17, 15) is 0 Å². The fraction of sp³-hybridized carbons (Fsp3) is 0. The molecule has 5 aromatic carbocycles. The summed E-state index contributed by atoms with van der Waals surface area (Å²) in [5.41, 5.74) is 3.26. The van der Waals surface area contributed by atoms with Crippen molar-refractivity contribution in [2.75, 3.05) is 4.90 Å². The summed E-state index contributed by atoms with van der Waals surface area (Å²) >= 11 is 3.86. The van der Waals surface area contributed by atoms with Gasteiger partial charge in [-0.3, -0.25) is 0 Å². The van der Waals surface area contributed by atoms with E-state index in [4.69, 9.17) is 4.74 Å². The maximum absolute atomic E-state index is 6.23. The minimum Gasteiger partial charge on any atom is -0.453 e. The van der Waals surface area contributed by atoms with Crippen molar-refractivity contribution in [3.8, 4) is 11.5 Å². The lowest BCUT2D eigenvalue weighted by Gasteiger charge is -2.34. The van der Waals surface area contributed by atoms with Crippen LogP contribution in [0.5, 0.6) is 11.5 Å². The summed E-state index contributed by atoms with van der Waals surface area (Å²) in [7, 11) is 0. The number of anilines is 3. The van der Waals surface area contributed by atoms with Crippen LogP contribution in [0.2, 0.25) is 0 Å². The highest BCUT2D eigenvalue weighted by Crippen LogP contribution is 2.54. The molecule has 2 nitrogen and oxygen atoms in total. The van der Waals surface area contributed by atoms with Crippen molar-refractivity contribution in [2.45, 2.75) is 0 Å². The first-order valence-corrected chi connectivity index (χ1v) is 10.4. The van der Waals surface area contributed by atoms with E-state index in [1.165, 1.54) is 27.2 Å². The molecule has 1 aliphatic rings. The molecule has 0 fully saturated rings. The molecule has 0 aromatic heterocycles. The topological polar surface area (TPSA) is 12.5 Å². The zero-order valence-corrected chi connectivity index (χ0v) is 17.1. The van der Waals surface area contributed by atoms with E-state index in [-0.39, 0.29) is 0 Å². The summed E-state index contributed by atoms with van der Waals surface area (Å²) in [6, 6.07) is 33.6. The quantitative estimate of drug-likeness (QED) is 0.239. The Balaban J connectivity index is 1.81. The number of nitrogens with zero attached hydrogens (tertiary/aromatic N) is 1. The van der Waals surface area contributed by atoms with Crippen LogP contribution in [-0.4, -0.2) is 0 Å². The Hall–Kier alpha value is -3.30. The summed E-state index contributed by atoms with van der Waals surface area (Å²) in [4.78, 5) is 2.34. The van der Waals surface area contributed by atoms with Crippen molar-refractivity contribution < 1.29 is 4.74 Å². The van der Waals surface area contributed by atoms with Crippen LogP contribution in [0.25, 0.3) is 21.5 Å². The first kappa shape index (κ1) is 16.6. The Labute approximate surface area is 177 Å². The van der Waals surface area contributed by atoms with Gasteiger partial charge in [-0.2, -0.15) is 0 Å². The van der Waals surface area contributed by atoms with E-state index in [2.05, 4.69) is 93.6 Å². The summed E-state index contributed by atoms with van der Waals surface area (Å²) in [5, 5.41) is 4.79. The standard InChI is InChI=1S/C26H16BrNO/c27-25-17-9-1-3-11-19(17)26(20-12-4-2-10-18(20)25)28-21-13-5-7-15-23(21)29-24-16-8-6-14-22(24)28/h1-16H. The van der Waals surface area contributed by atoms with E-state index < -0.39 is 0 Å². The largest absolute Gasteiger partial charge is 0.453 e. The molecule has 1 heterocycles. The predicted molar refractivity (Wildman–Crippen MR) is 124 cm³/mol. The van der Waals surface area contributed by atoms with Crippen molar-refractivity contribution in [3.05, 3.63) is 102 Å². The number of benzene rings is 5. The number of rotatable bonds is 1. The number of hydrogen-bond acceptors (Lipinski definition) is 2. The number of halogens is 1. The minimum atomic E-state index is 0.863. The molecule has 0 saturated heterocycles. The van der Waals surface area contributed by atoms with Gasteiger partial charge in [-0.15, -0.1) is 0 Å². The lowest BCUT2D eigenvalue weighted by molar-refractivity contribution is 0.477. The molecule has 0 N–H and O–H groups in total. The fourth-order valence-electron chi connectivity index (χ4n) is 4.24. The van der Waals surface area contributed by atoms with Crippen LogP contribution in [0.1, 0.15) is 0 Å². The Kier molecular flexibility index (Phi) is 3.65. The molecule has 1 aliphatic heterocycles. The van der Waals surface area contributed by atoms with Gasteiger partial charge in [0, 0.05) is 15.2 Å². The molecule has 3 heteroatoms. The van der Waals surface area contributed by atoms with Gasteiger partial charge in [-0.25, -0.2) is 0 Å². The molecule has 138 valence electrons. The van der Waals surface area contributed by atoms with E-state index in [1.807, 2.05) is 24.3 Å². The van der Waals surface area contributed by atoms with Crippen LogP contribution < -0.4 is 9.64 Å². The average Bonchev–Trinajstić information content (AvgIpc) is 2.79. The molecule has 29 heavy (non-hydrogen) atoms. The van der Waals surface area contributed by atoms with Crippen molar-refractivity contribution in [1.82, 2.24) is 0 Å². The second-order valence-electron chi connectivity index (χ2n) is 7.13. The van der Waals surface area contributed by atoms with Crippen LogP contribution in [0.4, 0.5) is 17.1 Å². The van der Waals surface area contributed by atoms with Gasteiger partial charge in [-0.05, 0) is 51.0 Å². The molecule has 5 aromatic rings. The highest BCUT2D eigenvalue weighted by atomic mass is 79.9. The first-order chi connectivity index (χ1) is 14.3. The van der Waals surface area contributed by atoms with Crippen molar-refractivity contribution in [3.63, 3.8) is 0 Å². The van der Waals surface area contributed by atoms with Gasteiger partial charge in [0.1, 0.15) is 0 Å². The van der Waals surface area contributed by atoms with Crippen LogP contribution in [0.3, 0.4) is 0 Å². The number of hydrogen-bond donors (Lipinski definition) is 0. The maximum Gasteiger partial charge on any atom is 0.151 e. The molecule has 0 amide bonds. The van der Waals surface area contributed by atoms with E-state index >= 15 is 0 Å². The van der Waals surface area contributed by atoms with Gasteiger partial charge < -0.3 is 9.64 Å². The summed E-state index contributed by atoms with van der Waals surface area (Å²) in [6.45, 7) is 0. The molecule has 0 spiro atoms. The third-order valence-electron chi connectivity index (χ3n) is 5.49. The molecule has 0 aliphatic carbocycles. The SMILES string of the molecule is Brc1c2ccccc2c(N2c3ccccc3Oc3ccccc32)c2ccccc12. The highest BCUT2D eigenvalue weighted by Gasteiger charge is 2.28. The van der Waals surface area contributed by atoms with Crippen LogP contribution in [0.15, 0.2) is 102 Å². The normalized spacial score (nSPS) is 12.5. The second-order valence-corrected chi connectivity index (χ2v) is 7.92. The van der Waals surface area contributed by atoms with Crippen molar-refractivity contribution >= 4 is 54.5 Å². The second kappa shape index (κ2) is 6.36. The fourth-order valence-corrected chi connectivity index (χ4v) is 4.93. The van der Waals surface area contributed by atoms with Gasteiger partial charge in [0.2, 0.25) is 0 Å². The van der Waals surface area contributed by atoms with E-state index in [0.29, 0.717) is 0 Å². The lowest BCUT2D eigenvalue weighted by Crippen LogP contribution is -2.16. The van der Waals surface area contributed by atoms with Crippen LogP contribution >= 0.6 is 15.9 Å². The zero-order valence-electron chi connectivity index (χ0n) is 15.5. The van der Waals surface area contributed by atoms with Gasteiger partial charge in [0.25, 0.3) is 0 Å². The van der Waals surface area contributed by atoms with Gasteiger partial charge in [0.05, 0.1) is 17.1 Å². The monoisotopic (exact) mass is 437 g/mol. The van der Waals surface area contributed by atoms with Gasteiger partial charge >= 0.3 is 0 Å². The average molecular weight is 438 g/mol. The van der Waals surface area contributed by atoms with Crippen molar-refractivity contribution in [2.24, 2.45) is 0 Å². The molecule has 0 bridgehead atoms. The third-order valence-corrected chi connectivity index (χ3v) is 6.35. The molecule has 0 saturated carbocycles. The summed E-state index contributed by atoms with van der Waals surface area (Å²) in [6.07, 6.45) is 0. The molecule has 0 unspecified atom stereocenters. The first-order valence-electron chi connectivity index (χ1n) is 9.58. The van der Waals surface area contributed by atoms with Crippen LogP contribution in [0, 0.1) is 0 Å². The minimum absolute atomic E-state index is 0.863. The molecule has 0 radical (unpaired) electrons. The Morgan fingerprint density at radius 2 is 0.931 bits per heavy atom. The molecule has 0 atom stereocenters. The molecule has 6 rings (SSSR count). The third kappa shape index (κ3) is 2.41. The Morgan fingerprint density at radius 3 is 1.45 bits per heavy atom. The van der Waals surface area contributed by atoms with E-state index in [0.717, 1.165) is 27.3 Å². The predicted octanol–water partition coefficient (Wildman–Crippen LogP) is 8.33. The Morgan fingerprint density at radius 1 is 0.517 bits per heavy atom. The zero-order chi connectivity index (χ0) is 19.4. The molecular weight excluding hydrogens is 422 g/mol. The van der Waals surface area contributed by atoms with Crippen molar-refractivity contribution in [1.29, 1.82) is 0 Å². The Bertz CT molecular complexity index is 1310. The highest BCUT2D eigenvalue weighted by molar-refractivity contribution is 9.10. The number of ether oxygens (including phenoxy) is 1. The summed E-state index contributed by atoms with van der Waals surface area (Å²) < 4.78 is 7.35. The number of para-hydroxylation sites is 4. The maximum atomic E-state index is 6.23. The smallest absolute Gasteiger partial charge is 0.151 e. The summed E-state index contributed by atoms with van der Waals surface area (Å²) in [5.74, 6) is 1.73.